The topological polar surface area (TPSA) is 103 Å². The normalized spacial score (nSPS) is 39.2. The van der Waals surface area contributed by atoms with Gasteiger partial charge in [0.2, 0.25) is 5.96 Å². The number of nitrogens with two attached hydrogens (primary N) is 3. The largest absolute Gasteiger partial charge is 0.370 e. The van der Waals surface area contributed by atoms with Crippen molar-refractivity contribution in [3.8, 4) is 0 Å². The van der Waals surface area contributed by atoms with Gasteiger partial charge in [-0.05, 0) is 56.3 Å². The van der Waals surface area contributed by atoms with Crippen molar-refractivity contribution in [3.63, 3.8) is 0 Å². The van der Waals surface area contributed by atoms with E-state index in [1.54, 1.807) is 0 Å². The molecule has 0 aromatic heterocycles. The van der Waals surface area contributed by atoms with Gasteiger partial charge in [-0.15, -0.1) is 24.8 Å². The van der Waals surface area contributed by atoms with Gasteiger partial charge in [0.25, 0.3) is 0 Å². The van der Waals surface area contributed by atoms with E-state index in [1.165, 1.54) is 38.5 Å². The zero-order valence-corrected chi connectivity index (χ0v) is 12.6. The highest BCUT2D eigenvalue weighted by Gasteiger charge is 2.51. The van der Waals surface area contributed by atoms with Crippen LogP contribution in [0.5, 0.6) is 0 Å². The summed E-state index contributed by atoms with van der Waals surface area (Å²) in [7, 11) is 0. The van der Waals surface area contributed by atoms with Crippen LogP contribution in [0.2, 0.25) is 0 Å². The molecule has 0 saturated heterocycles. The van der Waals surface area contributed by atoms with E-state index in [2.05, 4.69) is 9.98 Å². The molecule has 0 atom stereocenters. The Morgan fingerprint density at radius 3 is 1.63 bits per heavy atom. The molecule has 0 unspecified atom stereocenters. The van der Waals surface area contributed by atoms with Crippen LogP contribution in [0.25, 0.3) is 0 Å². The van der Waals surface area contributed by atoms with Gasteiger partial charge in [-0.25, -0.2) is 4.99 Å². The van der Waals surface area contributed by atoms with Crippen LogP contribution in [-0.2, 0) is 0 Å². The molecule has 0 aromatic rings. The quantitative estimate of drug-likeness (QED) is 0.503. The van der Waals surface area contributed by atoms with E-state index in [4.69, 9.17) is 17.2 Å². The summed E-state index contributed by atoms with van der Waals surface area (Å²) in [6.45, 7) is 0. The van der Waals surface area contributed by atoms with Gasteiger partial charge in [0, 0.05) is 0 Å². The fraction of sp³-hybridized carbons (Fsp3) is 0.833. The molecule has 19 heavy (non-hydrogen) atoms. The Bertz CT molecular complexity index is 354. The SMILES string of the molecule is Cl.Cl.NC(N)=NC(N)=NC12CC3CC(CC(C3)C1)C2. The summed E-state index contributed by atoms with van der Waals surface area (Å²) >= 11 is 0. The van der Waals surface area contributed by atoms with Crippen LogP contribution in [-0.4, -0.2) is 17.5 Å². The van der Waals surface area contributed by atoms with Crippen LogP contribution in [0, 0.1) is 17.8 Å². The summed E-state index contributed by atoms with van der Waals surface area (Å²) < 4.78 is 0. The van der Waals surface area contributed by atoms with Crippen LogP contribution in [0.4, 0.5) is 0 Å². The Hall–Kier alpha value is -0.680. The van der Waals surface area contributed by atoms with Crippen LogP contribution in [0.15, 0.2) is 9.98 Å². The molecule has 4 saturated carbocycles. The molecule has 0 heterocycles. The zero-order valence-electron chi connectivity index (χ0n) is 10.9. The first kappa shape index (κ1) is 16.4. The maximum Gasteiger partial charge on any atom is 0.219 e. The van der Waals surface area contributed by atoms with Crippen molar-refractivity contribution in [3.05, 3.63) is 0 Å². The standard InChI is InChI=1S/C12H21N5.2ClH/c13-10(14)16-11(15)17-12-4-7-1-8(5-12)3-9(2-7)6-12;;/h7-9H,1-6H2,(H6,13,14,15,16,17);2*1H. The van der Waals surface area contributed by atoms with Crippen molar-refractivity contribution in [1.29, 1.82) is 0 Å². The highest BCUT2D eigenvalue weighted by atomic mass is 35.5. The first-order valence-corrected chi connectivity index (χ1v) is 6.50. The van der Waals surface area contributed by atoms with Gasteiger partial charge < -0.3 is 17.2 Å². The molecule has 4 aliphatic carbocycles. The molecular weight excluding hydrogens is 285 g/mol. The van der Waals surface area contributed by atoms with E-state index in [0.717, 1.165) is 17.8 Å². The first-order valence-electron chi connectivity index (χ1n) is 6.50. The van der Waals surface area contributed by atoms with Crippen LogP contribution in [0.1, 0.15) is 38.5 Å². The Morgan fingerprint density at radius 1 is 0.842 bits per heavy atom. The highest BCUT2D eigenvalue weighted by Crippen LogP contribution is 2.57. The predicted molar refractivity (Wildman–Crippen MR) is 82.8 cm³/mol. The first-order chi connectivity index (χ1) is 8.05. The minimum atomic E-state index is -0.00372. The van der Waals surface area contributed by atoms with Crippen LogP contribution in [0.3, 0.4) is 0 Å². The summed E-state index contributed by atoms with van der Waals surface area (Å²) in [5.74, 6) is 2.83. The average molecular weight is 308 g/mol. The van der Waals surface area contributed by atoms with Gasteiger partial charge >= 0.3 is 0 Å². The lowest BCUT2D eigenvalue weighted by Gasteiger charge is -2.54. The molecule has 4 fully saturated rings. The Balaban J connectivity index is 0.000000902. The third kappa shape index (κ3) is 3.26. The van der Waals surface area contributed by atoms with Crippen LogP contribution >= 0.6 is 24.8 Å². The molecule has 0 aliphatic heterocycles. The summed E-state index contributed by atoms with van der Waals surface area (Å²) in [6.07, 6.45) is 7.74. The van der Waals surface area contributed by atoms with Gasteiger partial charge in [-0.3, -0.25) is 0 Å². The maximum absolute atomic E-state index is 5.80. The van der Waals surface area contributed by atoms with Crippen molar-refractivity contribution >= 4 is 36.7 Å². The lowest BCUT2D eigenvalue weighted by atomic mass is 9.53. The molecule has 4 aliphatic rings. The Kier molecular flexibility index (Phi) is 4.96. The van der Waals surface area contributed by atoms with Gasteiger partial charge in [0.15, 0.2) is 5.96 Å². The molecule has 0 aromatic carbocycles. The minimum absolute atomic E-state index is 0. The number of aliphatic imine (C=N–C) groups is 2. The fourth-order valence-electron chi connectivity index (χ4n) is 4.60. The van der Waals surface area contributed by atoms with E-state index in [1.807, 2.05) is 0 Å². The molecule has 4 bridgehead atoms. The smallest absolute Gasteiger partial charge is 0.219 e. The average Bonchev–Trinajstić information content (AvgIpc) is 2.11. The van der Waals surface area contributed by atoms with E-state index in [0.29, 0.717) is 0 Å². The zero-order chi connectivity index (χ0) is 12.0. The predicted octanol–water partition coefficient (Wildman–Crippen LogP) is 1.39. The number of rotatable bonds is 1. The number of guanidine groups is 2. The molecular formula is C12H23Cl2N5. The van der Waals surface area contributed by atoms with Gasteiger partial charge in [-0.1, -0.05) is 0 Å². The second-order valence-electron chi connectivity index (χ2n) is 6.15. The lowest BCUT2D eigenvalue weighted by molar-refractivity contribution is 0.00159. The third-order valence-electron chi connectivity index (χ3n) is 4.60. The molecule has 0 spiro atoms. The highest BCUT2D eigenvalue weighted by molar-refractivity contribution is 5.92. The third-order valence-corrected chi connectivity index (χ3v) is 4.60. The lowest BCUT2D eigenvalue weighted by Crippen LogP contribution is -2.50. The van der Waals surface area contributed by atoms with Crippen LogP contribution < -0.4 is 17.2 Å². The Labute approximate surface area is 126 Å². The van der Waals surface area contributed by atoms with Gasteiger partial charge in [0.1, 0.15) is 0 Å². The monoisotopic (exact) mass is 307 g/mol. The maximum atomic E-state index is 5.80. The molecule has 0 radical (unpaired) electrons. The van der Waals surface area contributed by atoms with E-state index < -0.39 is 0 Å². The molecule has 6 N–H and O–H groups in total. The molecule has 110 valence electrons. The summed E-state index contributed by atoms with van der Waals surface area (Å²) in [5.41, 5.74) is 16.5. The summed E-state index contributed by atoms with van der Waals surface area (Å²) in [6, 6.07) is 0. The van der Waals surface area contributed by atoms with Crippen molar-refractivity contribution in [1.82, 2.24) is 0 Å². The van der Waals surface area contributed by atoms with E-state index >= 15 is 0 Å². The number of halogens is 2. The summed E-state index contributed by atoms with van der Waals surface area (Å²) in [4.78, 5) is 8.51. The fourth-order valence-corrected chi connectivity index (χ4v) is 4.60. The molecule has 7 heteroatoms. The summed E-state index contributed by atoms with van der Waals surface area (Å²) in [5, 5.41) is 0. The second-order valence-corrected chi connectivity index (χ2v) is 6.15. The van der Waals surface area contributed by atoms with Crippen molar-refractivity contribution in [2.24, 2.45) is 44.9 Å². The molecule has 0 amide bonds. The van der Waals surface area contributed by atoms with E-state index in [-0.39, 0.29) is 42.3 Å². The molecule has 5 nitrogen and oxygen atoms in total. The number of hydrogen-bond donors (Lipinski definition) is 3. The Morgan fingerprint density at radius 2 is 1.26 bits per heavy atom. The number of nitrogens with zero attached hydrogens (tertiary/aromatic N) is 2. The molecule has 4 rings (SSSR count). The van der Waals surface area contributed by atoms with Crippen molar-refractivity contribution < 1.29 is 0 Å². The second kappa shape index (κ2) is 5.75. The van der Waals surface area contributed by atoms with E-state index in [9.17, 15) is 0 Å². The van der Waals surface area contributed by atoms with Gasteiger partial charge in [-0.2, -0.15) is 4.99 Å². The van der Waals surface area contributed by atoms with Gasteiger partial charge in [0.05, 0.1) is 5.54 Å². The number of hydrogen-bond acceptors (Lipinski definition) is 1. The minimum Gasteiger partial charge on any atom is -0.370 e. The van der Waals surface area contributed by atoms with Crippen molar-refractivity contribution in [2.45, 2.75) is 44.1 Å². The van der Waals surface area contributed by atoms with Crippen molar-refractivity contribution in [2.75, 3.05) is 0 Å².